The van der Waals surface area contributed by atoms with E-state index in [1.807, 2.05) is 18.2 Å². The summed E-state index contributed by atoms with van der Waals surface area (Å²) in [6, 6.07) is 65.9. The maximum Gasteiger partial charge on any atom is 0.0998 e. The Morgan fingerprint density at radius 2 is 0.745 bits per heavy atom. The maximum absolute atomic E-state index is 10.5. The summed E-state index contributed by atoms with van der Waals surface area (Å²) in [4.78, 5) is 0. The number of hydrogen-bond donors (Lipinski definition) is 0. The van der Waals surface area contributed by atoms with Crippen molar-refractivity contribution >= 4 is 65.4 Å². The van der Waals surface area contributed by atoms with E-state index >= 15 is 0 Å². The van der Waals surface area contributed by atoms with E-state index in [0.717, 1.165) is 72.1 Å². The van der Waals surface area contributed by atoms with Crippen LogP contribution in [0.3, 0.4) is 0 Å². The molecular formula is C50H29N5. The Balaban J connectivity index is 1.06. The zero-order chi connectivity index (χ0) is 36.6. The first-order valence-electron chi connectivity index (χ1n) is 18.3. The Morgan fingerprint density at radius 3 is 1.27 bits per heavy atom. The van der Waals surface area contributed by atoms with Crippen molar-refractivity contribution in [2.24, 2.45) is 0 Å². The molecular weight excluding hydrogens is 671 g/mol. The van der Waals surface area contributed by atoms with Crippen molar-refractivity contribution in [3.05, 3.63) is 187 Å². The third kappa shape index (κ3) is 4.51. The number of nitrogens with zero attached hydrogens (tertiary/aromatic N) is 5. The monoisotopic (exact) mass is 699 g/mol. The lowest BCUT2D eigenvalue weighted by atomic mass is 9.99. The molecule has 0 radical (unpaired) electrons. The first-order chi connectivity index (χ1) is 27.2. The Hall–Kier alpha value is -7.86. The van der Waals surface area contributed by atoms with Crippen LogP contribution in [0.5, 0.6) is 0 Å². The normalized spacial score (nSPS) is 11.6. The van der Waals surface area contributed by atoms with Crippen LogP contribution in [0, 0.1) is 22.7 Å². The predicted octanol–water partition coefficient (Wildman–Crippen LogP) is 12.4. The van der Waals surface area contributed by atoms with Crippen molar-refractivity contribution in [1.82, 2.24) is 13.7 Å². The fourth-order valence-electron chi connectivity index (χ4n) is 8.70. The molecule has 0 N–H and O–H groups in total. The predicted molar refractivity (Wildman–Crippen MR) is 224 cm³/mol. The van der Waals surface area contributed by atoms with Gasteiger partial charge in [-0.1, -0.05) is 103 Å². The minimum Gasteiger partial charge on any atom is -0.309 e. The molecule has 5 nitrogen and oxygen atoms in total. The highest BCUT2D eigenvalue weighted by molar-refractivity contribution is 6.12. The Labute approximate surface area is 316 Å². The van der Waals surface area contributed by atoms with Crippen LogP contribution in [0.15, 0.2) is 176 Å². The molecule has 3 aromatic heterocycles. The molecule has 0 atom stereocenters. The van der Waals surface area contributed by atoms with Crippen LogP contribution in [0.25, 0.3) is 93.6 Å². The molecule has 0 fully saturated rings. The average Bonchev–Trinajstić information content (AvgIpc) is 3.88. The van der Waals surface area contributed by atoms with E-state index < -0.39 is 0 Å². The highest BCUT2D eigenvalue weighted by atomic mass is 15.0. The van der Waals surface area contributed by atoms with Gasteiger partial charge in [0.2, 0.25) is 0 Å². The molecule has 11 rings (SSSR count). The molecule has 0 bridgehead atoms. The standard InChI is InChI=1S/C50H29N5/c51-30-32-17-24-43-44-26-23-37(55-47-15-7-3-11-41(47)42-12-4-8-16-48(42)55)29-50(44)53(49(43)27-32)35-20-18-33(19-21-35)38-25-22-36(28-34(38)31-52)54-45-13-5-1-9-39(45)40-10-2-6-14-46(40)54/h1-29H. The van der Waals surface area contributed by atoms with Crippen molar-refractivity contribution in [2.75, 3.05) is 0 Å². The van der Waals surface area contributed by atoms with Gasteiger partial charge < -0.3 is 13.7 Å². The highest BCUT2D eigenvalue weighted by Gasteiger charge is 2.18. The summed E-state index contributed by atoms with van der Waals surface area (Å²) in [5.74, 6) is 0. The van der Waals surface area contributed by atoms with Crippen LogP contribution in [0.2, 0.25) is 0 Å². The van der Waals surface area contributed by atoms with Gasteiger partial charge in [-0.25, -0.2) is 0 Å². The summed E-state index contributed by atoms with van der Waals surface area (Å²) in [7, 11) is 0. The second-order valence-electron chi connectivity index (χ2n) is 14.0. The molecule has 0 saturated carbocycles. The van der Waals surface area contributed by atoms with E-state index in [2.05, 4.69) is 184 Å². The summed E-state index contributed by atoms with van der Waals surface area (Å²) in [5, 5.41) is 27.4. The molecule has 3 heterocycles. The minimum atomic E-state index is 0.609. The molecule has 0 unspecified atom stereocenters. The third-order valence-corrected chi connectivity index (χ3v) is 11.1. The second-order valence-corrected chi connectivity index (χ2v) is 14.0. The lowest BCUT2D eigenvalue weighted by molar-refractivity contribution is 1.15. The molecule has 0 amide bonds. The number of aromatic nitrogens is 3. The topological polar surface area (TPSA) is 62.4 Å². The van der Waals surface area contributed by atoms with Gasteiger partial charge >= 0.3 is 0 Å². The molecule has 254 valence electrons. The van der Waals surface area contributed by atoms with Crippen molar-refractivity contribution < 1.29 is 0 Å². The number of hydrogen-bond acceptors (Lipinski definition) is 2. The number of para-hydroxylation sites is 4. The van der Waals surface area contributed by atoms with Crippen LogP contribution >= 0.6 is 0 Å². The maximum atomic E-state index is 10.5. The summed E-state index contributed by atoms with van der Waals surface area (Å²) >= 11 is 0. The first-order valence-corrected chi connectivity index (χ1v) is 18.3. The lowest BCUT2D eigenvalue weighted by Gasteiger charge is -2.13. The van der Waals surface area contributed by atoms with E-state index in [-0.39, 0.29) is 0 Å². The molecule has 0 saturated heterocycles. The molecule has 0 aliphatic carbocycles. The Morgan fingerprint density at radius 1 is 0.327 bits per heavy atom. The van der Waals surface area contributed by atoms with Gasteiger partial charge in [0, 0.05) is 49.4 Å². The average molecular weight is 700 g/mol. The van der Waals surface area contributed by atoms with Crippen molar-refractivity contribution in [3.8, 4) is 40.3 Å². The molecule has 8 aromatic carbocycles. The fraction of sp³-hybridized carbons (Fsp3) is 0. The molecule has 0 spiro atoms. The minimum absolute atomic E-state index is 0.609. The van der Waals surface area contributed by atoms with Crippen molar-refractivity contribution in [3.63, 3.8) is 0 Å². The van der Waals surface area contributed by atoms with Crippen molar-refractivity contribution in [2.45, 2.75) is 0 Å². The molecule has 11 aromatic rings. The Bertz CT molecular complexity index is 3350. The van der Waals surface area contributed by atoms with E-state index in [0.29, 0.717) is 11.1 Å². The third-order valence-electron chi connectivity index (χ3n) is 11.1. The van der Waals surface area contributed by atoms with Crippen LogP contribution < -0.4 is 0 Å². The number of nitriles is 2. The summed E-state index contributed by atoms with van der Waals surface area (Å²) < 4.78 is 6.83. The van der Waals surface area contributed by atoms with Crippen LogP contribution in [-0.2, 0) is 0 Å². The highest BCUT2D eigenvalue weighted by Crippen LogP contribution is 2.38. The first kappa shape index (κ1) is 30.7. The molecule has 55 heavy (non-hydrogen) atoms. The fourth-order valence-corrected chi connectivity index (χ4v) is 8.70. The largest absolute Gasteiger partial charge is 0.309 e. The molecule has 5 heteroatoms. The van der Waals surface area contributed by atoms with Gasteiger partial charge in [0.05, 0.1) is 56.4 Å². The zero-order valence-electron chi connectivity index (χ0n) is 29.5. The lowest BCUT2D eigenvalue weighted by Crippen LogP contribution is -1.98. The van der Waals surface area contributed by atoms with Gasteiger partial charge in [-0.05, 0) is 83.9 Å². The van der Waals surface area contributed by atoms with Crippen LogP contribution in [0.4, 0.5) is 0 Å². The smallest absolute Gasteiger partial charge is 0.0998 e. The van der Waals surface area contributed by atoms with Gasteiger partial charge in [0.25, 0.3) is 0 Å². The van der Waals surface area contributed by atoms with Gasteiger partial charge in [-0.15, -0.1) is 0 Å². The SMILES string of the molecule is N#Cc1ccc2c3ccc(-n4c5ccccc5c5ccccc54)cc3n(-c3ccc(-c4ccc(-n5c6ccccc6c6ccccc65)cc4C#N)cc3)c2c1. The second kappa shape index (κ2) is 11.8. The van der Waals surface area contributed by atoms with Gasteiger partial charge in [-0.3, -0.25) is 0 Å². The number of fused-ring (bicyclic) bond motifs is 9. The van der Waals surface area contributed by atoms with Gasteiger partial charge in [-0.2, -0.15) is 10.5 Å². The van der Waals surface area contributed by atoms with E-state index in [9.17, 15) is 10.5 Å². The van der Waals surface area contributed by atoms with Crippen molar-refractivity contribution in [1.29, 1.82) is 10.5 Å². The van der Waals surface area contributed by atoms with E-state index in [1.165, 1.54) is 21.5 Å². The van der Waals surface area contributed by atoms with E-state index in [1.54, 1.807) is 0 Å². The van der Waals surface area contributed by atoms with Gasteiger partial charge in [0.1, 0.15) is 0 Å². The summed E-state index contributed by atoms with van der Waals surface area (Å²) in [6.07, 6.45) is 0. The molecule has 0 aliphatic rings. The summed E-state index contributed by atoms with van der Waals surface area (Å²) in [5.41, 5.74) is 12.6. The number of rotatable bonds is 4. The number of benzene rings is 8. The quantitative estimate of drug-likeness (QED) is 0.184. The Kier molecular flexibility index (Phi) is 6.61. The van der Waals surface area contributed by atoms with E-state index in [4.69, 9.17) is 0 Å². The van der Waals surface area contributed by atoms with Gasteiger partial charge in [0.15, 0.2) is 0 Å². The zero-order valence-corrected chi connectivity index (χ0v) is 29.5. The van der Waals surface area contributed by atoms with Crippen LogP contribution in [0.1, 0.15) is 11.1 Å². The summed E-state index contributed by atoms with van der Waals surface area (Å²) in [6.45, 7) is 0. The van der Waals surface area contributed by atoms with Crippen LogP contribution in [-0.4, -0.2) is 13.7 Å². The molecule has 0 aliphatic heterocycles.